The van der Waals surface area contributed by atoms with E-state index < -0.39 is 0 Å². The predicted octanol–water partition coefficient (Wildman–Crippen LogP) is 6.24. The first-order chi connectivity index (χ1) is 17.2. The molecule has 0 unspecified atom stereocenters. The van der Waals surface area contributed by atoms with Gasteiger partial charge < -0.3 is 9.72 Å². The summed E-state index contributed by atoms with van der Waals surface area (Å²) in [7, 11) is 0. The Morgan fingerprint density at radius 1 is 0.886 bits per heavy atom. The minimum atomic E-state index is -0.360. The van der Waals surface area contributed by atoms with Gasteiger partial charge in [0.15, 0.2) is 5.16 Å². The van der Waals surface area contributed by atoms with Gasteiger partial charge in [-0.1, -0.05) is 84.6 Å². The van der Waals surface area contributed by atoms with Crippen molar-refractivity contribution >= 4 is 40.7 Å². The van der Waals surface area contributed by atoms with Crippen molar-refractivity contribution in [1.29, 1.82) is 0 Å². The summed E-state index contributed by atoms with van der Waals surface area (Å²) in [6.07, 6.45) is 1.69. The monoisotopic (exact) mass is 499 g/mol. The maximum absolute atomic E-state index is 11.7. The highest BCUT2D eigenvalue weighted by Crippen LogP contribution is 2.32. The first-order valence-corrected chi connectivity index (χ1v) is 12.8. The van der Waals surface area contributed by atoms with E-state index in [4.69, 9.17) is 9.72 Å². The third-order valence-corrected chi connectivity index (χ3v) is 6.85. The fourth-order valence-corrected chi connectivity index (χ4v) is 4.94. The molecule has 0 saturated carbocycles. The maximum atomic E-state index is 11.7. The first-order valence-electron chi connectivity index (χ1n) is 11.0. The lowest BCUT2D eigenvalue weighted by atomic mass is 10.1. The number of imidazole rings is 1. The van der Waals surface area contributed by atoms with Crippen molar-refractivity contribution in [3.05, 3.63) is 95.4 Å². The first kappa shape index (κ1) is 23.0. The lowest BCUT2D eigenvalue weighted by Crippen LogP contribution is -2.17. The van der Waals surface area contributed by atoms with E-state index in [0.29, 0.717) is 11.5 Å². The fraction of sp³-hybridized carbons (Fsp3) is 0.0741. The minimum absolute atomic E-state index is 0.345. The van der Waals surface area contributed by atoms with Crippen molar-refractivity contribution in [2.45, 2.75) is 5.16 Å². The Kier molecular flexibility index (Phi) is 7.02. The summed E-state index contributed by atoms with van der Waals surface area (Å²) < 4.78 is 5.88. The number of hydrogen-bond donors (Lipinski definition) is 2. The second kappa shape index (κ2) is 10.7. The maximum Gasteiger partial charge on any atom is 0.290 e. The number of thioether (sulfide) groups is 2. The van der Waals surface area contributed by atoms with Crippen LogP contribution in [-0.4, -0.2) is 33.5 Å². The molecule has 2 N–H and O–H groups in total. The summed E-state index contributed by atoms with van der Waals surface area (Å²) in [5, 5.41) is 2.75. The Bertz CT molecular complexity index is 1310. The molecule has 35 heavy (non-hydrogen) atoms. The molecule has 0 spiro atoms. The van der Waals surface area contributed by atoms with Gasteiger partial charge in [0.1, 0.15) is 5.75 Å². The topological polar surface area (TPSA) is 84.1 Å². The second-order valence-electron chi connectivity index (χ2n) is 7.62. The van der Waals surface area contributed by atoms with Crippen LogP contribution in [0.1, 0.15) is 5.56 Å². The van der Waals surface area contributed by atoms with Crippen molar-refractivity contribution in [3.63, 3.8) is 0 Å². The van der Waals surface area contributed by atoms with Gasteiger partial charge in [0.2, 0.25) is 0 Å². The number of amides is 2. The minimum Gasteiger partial charge on any atom is -0.493 e. The smallest absolute Gasteiger partial charge is 0.290 e. The number of nitrogens with one attached hydrogen (secondary N) is 2. The normalized spacial score (nSPS) is 14.3. The number of rotatable bonds is 8. The van der Waals surface area contributed by atoms with Crippen LogP contribution in [0.15, 0.2) is 95.0 Å². The lowest BCUT2D eigenvalue weighted by Gasteiger charge is -2.05. The molecule has 6 nitrogen and oxygen atoms in total. The van der Waals surface area contributed by atoms with Crippen molar-refractivity contribution in [2.75, 3.05) is 12.4 Å². The Labute approximate surface area is 211 Å². The number of carbonyl (C=O) groups is 2. The van der Waals surface area contributed by atoms with Gasteiger partial charge in [-0.25, -0.2) is 4.98 Å². The number of nitrogens with zero attached hydrogens (tertiary/aromatic N) is 1. The zero-order valence-corrected chi connectivity index (χ0v) is 20.2. The van der Waals surface area contributed by atoms with Crippen LogP contribution in [0.3, 0.4) is 0 Å². The van der Waals surface area contributed by atoms with Gasteiger partial charge in [-0.15, -0.1) is 0 Å². The van der Waals surface area contributed by atoms with Crippen LogP contribution in [0, 0.1) is 0 Å². The van der Waals surface area contributed by atoms with Gasteiger partial charge in [-0.2, -0.15) is 0 Å². The Hall–Kier alpha value is -3.75. The van der Waals surface area contributed by atoms with Crippen LogP contribution in [0.4, 0.5) is 4.79 Å². The van der Waals surface area contributed by atoms with Crippen molar-refractivity contribution in [1.82, 2.24) is 15.3 Å². The lowest BCUT2D eigenvalue weighted by molar-refractivity contribution is -0.115. The molecular formula is C27H21N3O3S2. The van der Waals surface area contributed by atoms with E-state index >= 15 is 0 Å². The molecule has 1 fully saturated rings. The molecule has 1 saturated heterocycles. The zero-order valence-electron chi connectivity index (χ0n) is 18.6. The summed E-state index contributed by atoms with van der Waals surface area (Å²) in [5.74, 6) is 1.10. The SMILES string of the molecule is O=C1NC(=O)C(=Cc2ccc(OCCSc3nc(-c4ccccc4)c(-c4ccccc4)[nH]3)cc2)S1. The zero-order chi connectivity index (χ0) is 24.0. The second-order valence-corrected chi connectivity index (χ2v) is 9.71. The molecule has 1 aliphatic rings. The number of aromatic amines is 1. The molecule has 8 heteroatoms. The molecule has 4 aromatic rings. The molecule has 1 aliphatic heterocycles. The van der Waals surface area contributed by atoms with E-state index in [2.05, 4.69) is 34.6 Å². The summed E-state index contributed by atoms with van der Waals surface area (Å²) in [4.78, 5) is 31.7. The average molecular weight is 500 g/mol. The Balaban J connectivity index is 1.21. The molecule has 2 amide bonds. The summed E-state index contributed by atoms with van der Waals surface area (Å²) in [6, 6.07) is 27.8. The van der Waals surface area contributed by atoms with Gasteiger partial charge in [0.05, 0.1) is 22.9 Å². The molecular weight excluding hydrogens is 478 g/mol. The quantitative estimate of drug-likeness (QED) is 0.170. The molecule has 5 rings (SSSR count). The standard InChI is InChI=1S/C27H21N3O3S2/c31-25-22(35-27(32)30-25)17-18-11-13-21(14-12-18)33-15-16-34-26-28-23(19-7-3-1-4-8-19)24(29-26)20-9-5-2-6-10-20/h1-14,17H,15-16H2,(H,28,29)(H,30,31,32). The molecule has 174 valence electrons. The average Bonchev–Trinajstić information content (AvgIpc) is 3.46. The fourth-order valence-electron chi connectivity index (χ4n) is 3.57. The van der Waals surface area contributed by atoms with E-state index in [1.54, 1.807) is 17.8 Å². The molecule has 2 heterocycles. The molecule has 0 bridgehead atoms. The molecule has 0 atom stereocenters. The van der Waals surface area contributed by atoms with E-state index in [9.17, 15) is 9.59 Å². The highest BCUT2D eigenvalue weighted by Gasteiger charge is 2.24. The van der Waals surface area contributed by atoms with Crippen molar-refractivity contribution in [2.24, 2.45) is 0 Å². The van der Waals surface area contributed by atoms with Gasteiger partial charge in [-0.05, 0) is 35.5 Å². The van der Waals surface area contributed by atoms with E-state index in [-0.39, 0.29) is 11.1 Å². The molecule has 1 aromatic heterocycles. The number of ether oxygens (including phenoxy) is 1. The predicted molar refractivity (Wildman–Crippen MR) is 141 cm³/mol. The Morgan fingerprint density at radius 3 is 2.23 bits per heavy atom. The summed E-state index contributed by atoms with van der Waals surface area (Å²) in [5.41, 5.74) is 4.92. The van der Waals surface area contributed by atoms with Crippen LogP contribution in [0.5, 0.6) is 5.75 Å². The Morgan fingerprint density at radius 2 is 1.57 bits per heavy atom. The number of aromatic nitrogens is 2. The molecule has 0 aliphatic carbocycles. The number of carbonyl (C=O) groups excluding carboxylic acids is 2. The summed E-state index contributed by atoms with van der Waals surface area (Å²) in [6.45, 7) is 0.514. The van der Waals surface area contributed by atoms with Gasteiger partial charge >= 0.3 is 0 Å². The van der Waals surface area contributed by atoms with Gasteiger partial charge in [0, 0.05) is 16.9 Å². The van der Waals surface area contributed by atoms with E-state index in [1.165, 1.54) is 0 Å². The highest BCUT2D eigenvalue weighted by molar-refractivity contribution is 8.18. The largest absolute Gasteiger partial charge is 0.493 e. The van der Waals surface area contributed by atoms with E-state index in [1.807, 2.05) is 60.7 Å². The van der Waals surface area contributed by atoms with Crippen LogP contribution in [0.25, 0.3) is 28.6 Å². The van der Waals surface area contributed by atoms with Gasteiger partial charge in [0.25, 0.3) is 11.1 Å². The van der Waals surface area contributed by atoms with Gasteiger partial charge in [-0.3, -0.25) is 14.9 Å². The van der Waals surface area contributed by atoms with Crippen molar-refractivity contribution in [3.8, 4) is 28.3 Å². The third kappa shape index (κ3) is 5.67. The van der Waals surface area contributed by atoms with Crippen LogP contribution < -0.4 is 10.1 Å². The van der Waals surface area contributed by atoms with Crippen LogP contribution >= 0.6 is 23.5 Å². The number of hydrogen-bond acceptors (Lipinski definition) is 6. The number of imide groups is 1. The molecule has 0 radical (unpaired) electrons. The van der Waals surface area contributed by atoms with Crippen LogP contribution in [-0.2, 0) is 4.79 Å². The third-order valence-electron chi connectivity index (χ3n) is 5.20. The summed E-state index contributed by atoms with van der Waals surface area (Å²) >= 11 is 2.51. The number of benzene rings is 3. The highest BCUT2D eigenvalue weighted by atomic mass is 32.2. The van der Waals surface area contributed by atoms with E-state index in [0.717, 1.165) is 56.5 Å². The number of H-pyrrole nitrogens is 1. The molecule has 3 aromatic carbocycles. The van der Waals surface area contributed by atoms with Crippen LogP contribution in [0.2, 0.25) is 0 Å². The van der Waals surface area contributed by atoms with Crippen molar-refractivity contribution < 1.29 is 14.3 Å².